The van der Waals surface area contributed by atoms with Crippen molar-refractivity contribution in [3.8, 4) is 0 Å². The summed E-state index contributed by atoms with van der Waals surface area (Å²) in [6, 6.07) is 14.7. The van der Waals surface area contributed by atoms with E-state index in [1.807, 2.05) is 30.3 Å². The van der Waals surface area contributed by atoms with Gasteiger partial charge in [0.05, 0.1) is 16.8 Å². The third kappa shape index (κ3) is 2.65. The number of carbonyl (C=O) groups is 1. The minimum atomic E-state index is -0.376. The van der Waals surface area contributed by atoms with E-state index < -0.39 is 0 Å². The minimum Gasteiger partial charge on any atom is -0.323 e. The Morgan fingerprint density at radius 3 is 2.67 bits per heavy atom. The molecule has 6 heteroatoms. The van der Waals surface area contributed by atoms with Gasteiger partial charge in [-0.3, -0.25) is 10.2 Å². The highest BCUT2D eigenvalue weighted by Gasteiger charge is 2.10. The lowest BCUT2D eigenvalue weighted by Gasteiger charge is -2.10. The first-order chi connectivity index (χ1) is 10.3. The molecule has 6 nitrogen and oxygen atoms in total. The minimum absolute atomic E-state index is 0.376. The summed E-state index contributed by atoms with van der Waals surface area (Å²) >= 11 is 0. The zero-order chi connectivity index (χ0) is 14.7. The fourth-order valence-electron chi connectivity index (χ4n) is 2.02. The molecule has 0 aliphatic heterocycles. The number of hydrogen-bond acceptors (Lipinski definition) is 5. The van der Waals surface area contributed by atoms with Crippen molar-refractivity contribution in [3.63, 3.8) is 0 Å². The van der Waals surface area contributed by atoms with Crippen molar-refractivity contribution < 1.29 is 4.79 Å². The van der Waals surface area contributed by atoms with Crippen molar-refractivity contribution in [1.29, 1.82) is 0 Å². The Hall–Kier alpha value is -2.99. The molecular weight excluding hydrogens is 266 g/mol. The van der Waals surface area contributed by atoms with Gasteiger partial charge >= 0.3 is 0 Å². The number of carbonyl (C=O) groups excluding carboxylic acids is 1. The molecule has 0 bridgehead atoms. The number of hydrogen-bond donors (Lipinski definition) is 3. The molecule has 0 unspecified atom stereocenters. The van der Waals surface area contributed by atoms with Gasteiger partial charge in [0.25, 0.3) is 5.91 Å². The first-order valence-corrected chi connectivity index (χ1v) is 6.37. The summed E-state index contributed by atoms with van der Waals surface area (Å²) in [5, 5.41) is 4.00. The molecule has 21 heavy (non-hydrogen) atoms. The number of amides is 1. The van der Waals surface area contributed by atoms with Crippen LogP contribution in [0, 0.1) is 0 Å². The maximum atomic E-state index is 11.7. The van der Waals surface area contributed by atoms with E-state index in [2.05, 4.69) is 20.7 Å². The number of aromatic nitrogens is 2. The van der Waals surface area contributed by atoms with Gasteiger partial charge < -0.3 is 5.32 Å². The summed E-state index contributed by atoms with van der Waals surface area (Å²) in [6.07, 6.45) is 1.73. The first-order valence-electron chi connectivity index (χ1n) is 6.37. The molecule has 1 heterocycles. The van der Waals surface area contributed by atoms with Gasteiger partial charge in [-0.25, -0.2) is 15.8 Å². The number of nitrogens with one attached hydrogen (secondary N) is 2. The molecule has 4 N–H and O–H groups in total. The lowest BCUT2D eigenvalue weighted by atomic mass is 10.1. The van der Waals surface area contributed by atoms with E-state index >= 15 is 0 Å². The van der Waals surface area contributed by atoms with Gasteiger partial charge in [-0.05, 0) is 18.2 Å². The van der Waals surface area contributed by atoms with Crippen molar-refractivity contribution in [2.24, 2.45) is 5.84 Å². The summed E-state index contributed by atoms with van der Waals surface area (Å²) in [7, 11) is 0. The Balaban J connectivity index is 1.97. The van der Waals surface area contributed by atoms with Crippen molar-refractivity contribution >= 4 is 28.4 Å². The molecule has 0 radical (unpaired) electrons. The van der Waals surface area contributed by atoms with Gasteiger partial charge in [0, 0.05) is 11.6 Å². The van der Waals surface area contributed by atoms with Crippen LogP contribution >= 0.6 is 0 Å². The van der Waals surface area contributed by atoms with Crippen molar-refractivity contribution in [2.75, 3.05) is 5.32 Å². The topological polar surface area (TPSA) is 92.9 Å². The molecule has 104 valence electrons. The van der Waals surface area contributed by atoms with E-state index in [-0.39, 0.29) is 5.91 Å². The van der Waals surface area contributed by atoms with Crippen LogP contribution in [0.3, 0.4) is 0 Å². The monoisotopic (exact) mass is 279 g/mol. The lowest BCUT2D eigenvalue weighted by Crippen LogP contribution is -2.30. The van der Waals surface area contributed by atoms with Crippen LogP contribution in [0.1, 0.15) is 10.4 Å². The predicted octanol–water partition coefficient (Wildman–Crippen LogP) is 1.98. The van der Waals surface area contributed by atoms with E-state index in [0.717, 1.165) is 10.9 Å². The lowest BCUT2D eigenvalue weighted by molar-refractivity contribution is 0.0954. The van der Waals surface area contributed by atoms with Crippen molar-refractivity contribution in [3.05, 3.63) is 60.3 Å². The molecule has 0 aliphatic carbocycles. The molecule has 0 fully saturated rings. The van der Waals surface area contributed by atoms with E-state index in [9.17, 15) is 4.79 Å². The molecule has 3 rings (SSSR count). The van der Waals surface area contributed by atoms with Gasteiger partial charge in [-0.1, -0.05) is 30.3 Å². The summed E-state index contributed by atoms with van der Waals surface area (Å²) in [4.78, 5) is 20.4. The predicted molar refractivity (Wildman–Crippen MR) is 80.9 cm³/mol. The Bertz CT molecular complexity index is 803. The van der Waals surface area contributed by atoms with Crippen LogP contribution in [0.25, 0.3) is 10.9 Å². The highest BCUT2D eigenvalue weighted by molar-refractivity contribution is 5.99. The normalized spacial score (nSPS) is 10.3. The Labute approximate surface area is 121 Å². The zero-order valence-corrected chi connectivity index (χ0v) is 11.1. The van der Waals surface area contributed by atoms with Crippen LogP contribution in [0.4, 0.5) is 11.6 Å². The van der Waals surface area contributed by atoms with Crippen LogP contribution in [0.2, 0.25) is 0 Å². The third-order valence-electron chi connectivity index (χ3n) is 3.04. The van der Waals surface area contributed by atoms with E-state index in [1.54, 1.807) is 24.4 Å². The second-order valence-corrected chi connectivity index (χ2v) is 4.40. The molecular formula is C15H13N5O. The second kappa shape index (κ2) is 5.56. The Morgan fingerprint density at radius 1 is 1.05 bits per heavy atom. The smallest absolute Gasteiger partial charge is 0.267 e. The molecule has 0 spiro atoms. The SMILES string of the molecule is NNC(=O)c1ccccc1Nc1ncc2ccccc2n1. The molecule has 3 aromatic rings. The van der Waals surface area contributed by atoms with Gasteiger partial charge in [-0.15, -0.1) is 0 Å². The van der Waals surface area contributed by atoms with E-state index in [4.69, 9.17) is 5.84 Å². The summed E-state index contributed by atoms with van der Waals surface area (Å²) in [6.45, 7) is 0. The van der Waals surface area contributed by atoms with Crippen LogP contribution in [0.5, 0.6) is 0 Å². The van der Waals surface area contributed by atoms with Crippen LogP contribution in [0.15, 0.2) is 54.7 Å². The maximum absolute atomic E-state index is 11.7. The molecule has 1 amide bonds. The number of rotatable bonds is 3. The second-order valence-electron chi connectivity index (χ2n) is 4.40. The highest BCUT2D eigenvalue weighted by Crippen LogP contribution is 2.20. The maximum Gasteiger partial charge on any atom is 0.267 e. The number of hydrazine groups is 1. The van der Waals surface area contributed by atoms with E-state index in [0.29, 0.717) is 17.2 Å². The summed E-state index contributed by atoms with van der Waals surface area (Å²) in [5.74, 6) is 5.23. The van der Waals surface area contributed by atoms with E-state index in [1.165, 1.54) is 0 Å². The fraction of sp³-hybridized carbons (Fsp3) is 0. The van der Waals surface area contributed by atoms with Crippen molar-refractivity contribution in [2.45, 2.75) is 0 Å². The zero-order valence-electron chi connectivity index (χ0n) is 11.1. The van der Waals surface area contributed by atoms with Gasteiger partial charge in [-0.2, -0.15) is 0 Å². The molecule has 1 aromatic heterocycles. The number of para-hydroxylation sites is 2. The first kappa shape index (κ1) is 13.0. The number of nitrogens with two attached hydrogens (primary N) is 1. The van der Waals surface area contributed by atoms with Crippen LogP contribution in [-0.4, -0.2) is 15.9 Å². The van der Waals surface area contributed by atoms with Crippen LogP contribution in [-0.2, 0) is 0 Å². The fourth-order valence-corrected chi connectivity index (χ4v) is 2.02. The molecule has 0 saturated heterocycles. The largest absolute Gasteiger partial charge is 0.323 e. The molecule has 0 atom stereocenters. The van der Waals surface area contributed by atoms with Gasteiger partial charge in [0.15, 0.2) is 0 Å². The average Bonchev–Trinajstić information content (AvgIpc) is 2.54. The third-order valence-corrected chi connectivity index (χ3v) is 3.04. The van der Waals surface area contributed by atoms with Gasteiger partial charge in [0.2, 0.25) is 5.95 Å². The van der Waals surface area contributed by atoms with Crippen LogP contribution < -0.4 is 16.6 Å². The molecule has 0 aliphatic rings. The number of anilines is 2. The number of benzene rings is 2. The van der Waals surface area contributed by atoms with Gasteiger partial charge in [0.1, 0.15) is 0 Å². The summed E-state index contributed by atoms with van der Waals surface area (Å²) < 4.78 is 0. The summed E-state index contributed by atoms with van der Waals surface area (Å²) in [5.41, 5.74) is 3.97. The Kier molecular flexibility index (Phi) is 3.44. The standard InChI is InChI=1S/C15H13N5O/c16-20-14(21)11-6-2-4-8-13(11)19-15-17-9-10-5-1-3-7-12(10)18-15/h1-9H,16H2,(H,20,21)(H,17,18,19). The molecule has 2 aromatic carbocycles. The molecule has 0 saturated carbocycles. The highest BCUT2D eigenvalue weighted by atomic mass is 16.2. The number of nitrogens with zero attached hydrogens (tertiary/aromatic N) is 2. The number of nitrogen functional groups attached to an aromatic ring is 1. The number of fused-ring (bicyclic) bond motifs is 1. The average molecular weight is 279 g/mol. The van der Waals surface area contributed by atoms with Crippen molar-refractivity contribution in [1.82, 2.24) is 15.4 Å². The Morgan fingerprint density at radius 2 is 1.81 bits per heavy atom. The quantitative estimate of drug-likeness (QED) is 0.387.